The summed E-state index contributed by atoms with van der Waals surface area (Å²) in [6.45, 7) is 4.42. The Morgan fingerprint density at radius 2 is 2.33 bits per heavy atom. The molecule has 2 nitrogen and oxygen atoms in total. The van der Waals surface area contributed by atoms with Gasteiger partial charge in [0, 0.05) is 25.2 Å². The maximum Gasteiger partial charge on any atom is 0.120 e. The lowest BCUT2D eigenvalue weighted by Gasteiger charge is -2.16. The van der Waals surface area contributed by atoms with Crippen molar-refractivity contribution in [3.63, 3.8) is 0 Å². The van der Waals surface area contributed by atoms with E-state index in [1.807, 2.05) is 0 Å². The fourth-order valence-electron chi connectivity index (χ4n) is 2.23. The third-order valence-electron chi connectivity index (χ3n) is 3.07. The first kappa shape index (κ1) is 10.2. The molecule has 0 aromatic heterocycles. The molecule has 0 N–H and O–H groups in total. The van der Waals surface area contributed by atoms with Gasteiger partial charge < -0.3 is 9.69 Å². The lowest BCUT2D eigenvalue weighted by molar-refractivity contribution is -0.107. The van der Waals surface area contributed by atoms with Gasteiger partial charge in [0.15, 0.2) is 0 Å². The maximum atomic E-state index is 10.3. The molecule has 15 heavy (non-hydrogen) atoms. The number of aryl methyl sites for hydroxylation is 1. The fraction of sp³-hybridized carbons (Fsp3) is 0.462. The Bertz CT molecular complexity index is 360. The molecule has 0 unspecified atom stereocenters. The molecule has 1 aliphatic rings. The Labute approximate surface area is 90.9 Å². The van der Waals surface area contributed by atoms with Crippen LogP contribution in [0.2, 0.25) is 0 Å². The number of nitrogens with zero attached hydrogens (tertiary/aromatic N) is 1. The molecule has 0 fully saturated rings. The molecular weight excluding hydrogens is 186 g/mol. The van der Waals surface area contributed by atoms with Crippen molar-refractivity contribution >= 4 is 12.0 Å². The first-order valence-electron chi connectivity index (χ1n) is 5.65. The predicted molar refractivity (Wildman–Crippen MR) is 62.4 cm³/mol. The molecular formula is C13H17NO. The normalized spacial score (nSPS) is 14.1. The number of rotatable bonds is 4. The highest BCUT2D eigenvalue weighted by molar-refractivity contribution is 5.59. The number of carbonyl (C=O) groups is 1. The number of aldehydes is 1. The van der Waals surface area contributed by atoms with Crippen LogP contribution in [0.5, 0.6) is 0 Å². The van der Waals surface area contributed by atoms with E-state index in [0.717, 1.165) is 32.2 Å². The zero-order valence-corrected chi connectivity index (χ0v) is 9.20. The highest BCUT2D eigenvalue weighted by Gasteiger charge is 2.17. The van der Waals surface area contributed by atoms with Gasteiger partial charge >= 0.3 is 0 Å². The van der Waals surface area contributed by atoms with Gasteiger partial charge in [-0.05, 0) is 37.0 Å². The summed E-state index contributed by atoms with van der Waals surface area (Å²) in [7, 11) is 0. The summed E-state index contributed by atoms with van der Waals surface area (Å²) >= 11 is 0. The molecule has 1 aromatic carbocycles. The van der Waals surface area contributed by atoms with Gasteiger partial charge in [-0.2, -0.15) is 0 Å². The quantitative estimate of drug-likeness (QED) is 0.699. The lowest BCUT2D eigenvalue weighted by atomic mass is 10.0. The average molecular weight is 203 g/mol. The number of benzene rings is 1. The molecule has 2 rings (SSSR count). The van der Waals surface area contributed by atoms with E-state index in [2.05, 4.69) is 30.0 Å². The largest absolute Gasteiger partial charge is 0.371 e. The summed E-state index contributed by atoms with van der Waals surface area (Å²) in [6.07, 6.45) is 3.66. The van der Waals surface area contributed by atoms with Crippen LogP contribution in [-0.2, 0) is 17.6 Å². The average Bonchev–Trinajstić information content (AvgIpc) is 2.68. The van der Waals surface area contributed by atoms with E-state index >= 15 is 0 Å². The fourth-order valence-corrected chi connectivity index (χ4v) is 2.23. The lowest BCUT2D eigenvalue weighted by Crippen LogP contribution is -2.18. The molecule has 0 spiro atoms. The molecule has 0 aliphatic carbocycles. The smallest absolute Gasteiger partial charge is 0.120 e. The van der Waals surface area contributed by atoms with Crippen LogP contribution in [0.25, 0.3) is 0 Å². The van der Waals surface area contributed by atoms with E-state index in [9.17, 15) is 4.79 Å². The van der Waals surface area contributed by atoms with Crippen molar-refractivity contribution in [1.82, 2.24) is 0 Å². The van der Waals surface area contributed by atoms with E-state index < -0.39 is 0 Å². The van der Waals surface area contributed by atoms with Crippen molar-refractivity contribution in [2.45, 2.75) is 26.2 Å². The Morgan fingerprint density at radius 1 is 1.47 bits per heavy atom. The topological polar surface area (TPSA) is 20.3 Å². The van der Waals surface area contributed by atoms with E-state index in [0.29, 0.717) is 6.42 Å². The van der Waals surface area contributed by atoms with E-state index in [-0.39, 0.29) is 0 Å². The van der Waals surface area contributed by atoms with Gasteiger partial charge in [-0.1, -0.05) is 12.1 Å². The van der Waals surface area contributed by atoms with Crippen LogP contribution in [0, 0.1) is 0 Å². The summed E-state index contributed by atoms with van der Waals surface area (Å²) in [6, 6.07) is 6.61. The summed E-state index contributed by atoms with van der Waals surface area (Å²) in [5, 5.41) is 0. The Hall–Kier alpha value is -1.31. The van der Waals surface area contributed by atoms with Crippen molar-refractivity contribution < 1.29 is 4.79 Å². The van der Waals surface area contributed by atoms with Crippen LogP contribution >= 0.6 is 0 Å². The van der Waals surface area contributed by atoms with Gasteiger partial charge in [0.25, 0.3) is 0 Å². The number of hydrogen-bond acceptors (Lipinski definition) is 2. The molecule has 0 saturated heterocycles. The molecule has 0 bridgehead atoms. The predicted octanol–water partition coefficient (Wildman–Crippen LogP) is 2.20. The Balaban J connectivity index is 2.17. The zero-order valence-electron chi connectivity index (χ0n) is 9.20. The molecule has 0 saturated carbocycles. The standard InChI is InChI=1S/C13H17NO/c1-2-14-8-7-12-10-11(4-3-9-15)5-6-13(12)14/h5-6,9-10H,2-4,7-8H2,1H3. The first-order valence-corrected chi connectivity index (χ1v) is 5.65. The van der Waals surface area contributed by atoms with Crippen LogP contribution in [0.4, 0.5) is 5.69 Å². The van der Waals surface area contributed by atoms with Gasteiger partial charge in [-0.25, -0.2) is 0 Å². The number of likely N-dealkylation sites (N-methyl/N-ethyl adjacent to an activating group) is 1. The monoisotopic (exact) mass is 203 g/mol. The number of anilines is 1. The first-order chi connectivity index (χ1) is 7.35. The zero-order chi connectivity index (χ0) is 10.7. The van der Waals surface area contributed by atoms with Crippen molar-refractivity contribution in [2.75, 3.05) is 18.0 Å². The molecule has 1 heterocycles. The van der Waals surface area contributed by atoms with Gasteiger partial charge in [-0.3, -0.25) is 0 Å². The second-order valence-electron chi connectivity index (χ2n) is 4.00. The molecule has 2 heteroatoms. The van der Waals surface area contributed by atoms with E-state index in [1.165, 1.54) is 16.8 Å². The molecule has 80 valence electrons. The Kier molecular flexibility index (Phi) is 3.05. The highest BCUT2D eigenvalue weighted by atomic mass is 16.1. The number of carbonyl (C=O) groups excluding carboxylic acids is 1. The summed E-state index contributed by atoms with van der Waals surface area (Å²) in [5.41, 5.74) is 4.12. The molecule has 1 aromatic rings. The summed E-state index contributed by atoms with van der Waals surface area (Å²) in [5.74, 6) is 0. The molecule has 1 aliphatic heterocycles. The highest BCUT2D eigenvalue weighted by Crippen LogP contribution is 2.28. The van der Waals surface area contributed by atoms with Gasteiger partial charge in [0.1, 0.15) is 6.29 Å². The van der Waals surface area contributed by atoms with Crippen molar-refractivity contribution in [3.8, 4) is 0 Å². The van der Waals surface area contributed by atoms with Gasteiger partial charge in [0.2, 0.25) is 0 Å². The number of fused-ring (bicyclic) bond motifs is 1. The Morgan fingerprint density at radius 3 is 3.07 bits per heavy atom. The van der Waals surface area contributed by atoms with E-state index in [4.69, 9.17) is 0 Å². The van der Waals surface area contributed by atoms with Crippen LogP contribution in [-0.4, -0.2) is 19.4 Å². The van der Waals surface area contributed by atoms with Crippen molar-refractivity contribution in [2.24, 2.45) is 0 Å². The SMILES string of the molecule is CCN1CCc2cc(CCC=O)ccc21. The third kappa shape index (κ3) is 2.04. The molecule has 0 amide bonds. The van der Waals surface area contributed by atoms with Crippen molar-refractivity contribution in [1.29, 1.82) is 0 Å². The summed E-state index contributed by atoms with van der Waals surface area (Å²) < 4.78 is 0. The molecule has 0 radical (unpaired) electrons. The minimum absolute atomic E-state index is 0.635. The van der Waals surface area contributed by atoms with Crippen LogP contribution in [0.3, 0.4) is 0 Å². The third-order valence-corrected chi connectivity index (χ3v) is 3.07. The molecule has 0 atom stereocenters. The maximum absolute atomic E-state index is 10.3. The minimum atomic E-state index is 0.635. The van der Waals surface area contributed by atoms with Crippen LogP contribution in [0.15, 0.2) is 18.2 Å². The van der Waals surface area contributed by atoms with Crippen molar-refractivity contribution in [3.05, 3.63) is 29.3 Å². The van der Waals surface area contributed by atoms with Crippen LogP contribution < -0.4 is 4.90 Å². The van der Waals surface area contributed by atoms with Gasteiger partial charge in [-0.15, -0.1) is 0 Å². The second kappa shape index (κ2) is 4.47. The minimum Gasteiger partial charge on any atom is -0.371 e. The summed E-state index contributed by atoms with van der Waals surface area (Å²) in [4.78, 5) is 12.7. The van der Waals surface area contributed by atoms with E-state index in [1.54, 1.807) is 0 Å². The van der Waals surface area contributed by atoms with Crippen LogP contribution in [0.1, 0.15) is 24.5 Å². The number of hydrogen-bond donors (Lipinski definition) is 0. The van der Waals surface area contributed by atoms with Gasteiger partial charge in [0.05, 0.1) is 0 Å². The second-order valence-corrected chi connectivity index (χ2v) is 4.00.